The molecule has 2 rings (SSSR count). The molecule has 1 amide bonds. The summed E-state index contributed by atoms with van der Waals surface area (Å²) < 4.78 is 5.39. The Balaban J connectivity index is 2.22. The van der Waals surface area contributed by atoms with Crippen LogP contribution in [0.25, 0.3) is 11.5 Å². The van der Waals surface area contributed by atoms with Gasteiger partial charge in [-0.05, 0) is 18.6 Å². The standard InChI is InChI=1S/C14H18N4O2/c1-3-6-11(15)13(19)16-12-8-5-4-7-10(12)14-18-17-9(2)20-14/h4-5,7-8,11H,3,6,15H2,1-2H3,(H,16,19). The molecule has 1 aromatic carbocycles. The number of nitrogens with two attached hydrogens (primary N) is 1. The van der Waals surface area contributed by atoms with Gasteiger partial charge in [0.05, 0.1) is 17.3 Å². The van der Waals surface area contributed by atoms with Crippen LogP contribution in [-0.2, 0) is 4.79 Å². The van der Waals surface area contributed by atoms with Gasteiger partial charge in [-0.2, -0.15) is 0 Å². The summed E-state index contributed by atoms with van der Waals surface area (Å²) in [6, 6.07) is 6.75. The minimum atomic E-state index is -0.516. The van der Waals surface area contributed by atoms with Crippen molar-refractivity contribution in [2.24, 2.45) is 5.73 Å². The van der Waals surface area contributed by atoms with E-state index >= 15 is 0 Å². The van der Waals surface area contributed by atoms with E-state index in [1.807, 2.05) is 25.1 Å². The van der Waals surface area contributed by atoms with Crippen molar-refractivity contribution in [2.75, 3.05) is 5.32 Å². The van der Waals surface area contributed by atoms with E-state index in [-0.39, 0.29) is 5.91 Å². The number of nitrogens with one attached hydrogen (secondary N) is 1. The Hall–Kier alpha value is -2.21. The summed E-state index contributed by atoms with van der Waals surface area (Å²) in [7, 11) is 0. The van der Waals surface area contributed by atoms with Crippen molar-refractivity contribution < 1.29 is 9.21 Å². The molecule has 2 aromatic rings. The van der Waals surface area contributed by atoms with Crippen molar-refractivity contribution in [3.63, 3.8) is 0 Å². The second-order valence-corrected chi connectivity index (χ2v) is 4.56. The number of benzene rings is 1. The third kappa shape index (κ3) is 3.21. The van der Waals surface area contributed by atoms with Gasteiger partial charge in [0.2, 0.25) is 17.7 Å². The molecule has 1 heterocycles. The van der Waals surface area contributed by atoms with Crippen LogP contribution in [-0.4, -0.2) is 22.1 Å². The van der Waals surface area contributed by atoms with Gasteiger partial charge in [0.1, 0.15) is 0 Å². The molecule has 0 aliphatic rings. The molecule has 0 aliphatic carbocycles. The van der Waals surface area contributed by atoms with E-state index in [1.165, 1.54) is 0 Å². The average molecular weight is 274 g/mol. The van der Waals surface area contributed by atoms with Crippen LogP contribution in [0, 0.1) is 6.92 Å². The zero-order chi connectivity index (χ0) is 14.5. The second-order valence-electron chi connectivity index (χ2n) is 4.56. The Bertz CT molecular complexity index is 594. The molecule has 6 nitrogen and oxygen atoms in total. The molecule has 0 radical (unpaired) electrons. The topological polar surface area (TPSA) is 94.0 Å². The SMILES string of the molecule is CCCC(N)C(=O)Nc1ccccc1-c1nnc(C)o1. The number of anilines is 1. The molecule has 0 fully saturated rings. The van der Waals surface area contributed by atoms with E-state index in [0.717, 1.165) is 6.42 Å². The molecule has 1 atom stereocenters. The van der Waals surface area contributed by atoms with Gasteiger partial charge in [-0.25, -0.2) is 0 Å². The van der Waals surface area contributed by atoms with Crippen LogP contribution in [0.4, 0.5) is 5.69 Å². The van der Waals surface area contributed by atoms with E-state index < -0.39 is 6.04 Å². The van der Waals surface area contributed by atoms with Crippen LogP contribution in [0.3, 0.4) is 0 Å². The van der Waals surface area contributed by atoms with Gasteiger partial charge in [0.25, 0.3) is 0 Å². The normalized spacial score (nSPS) is 12.2. The smallest absolute Gasteiger partial charge is 0.249 e. The maximum atomic E-state index is 12.0. The van der Waals surface area contributed by atoms with Crippen LogP contribution in [0.2, 0.25) is 0 Å². The summed E-state index contributed by atoms with van der Waals surface area (Å²) in [5.74, 6) is 0.641. The number of nitrogens with zero attached hydrogens (tertiary/aromatic N) is 2. The Labute approximate surface area is 117 Å². The first-order valence-electron chi connectivity index (χ1n) is 6.57. The van der Waals surface area contributed by atoms with E-state index in [9.17, 15) is 4.79 Å². The van der Waals surface area contributed by atoms with Gasteiger partial charge >= 0.3 is 0 Å². The van der Waals surface area contributed by atoms with Crippen molar-refractivity contribution in [3.05, 3.63) is 30.2 Å². The Kier molecular flexibility index (Phi) is 4.47. The van der Waals surface area contributed by atoms with Gasteiger partial charge in [-0.15, -0.1) is 10.2 Å². The lowest BCUT2D eigenvalue weighted by molar-refractivity contribution is -0.117. The molecule has 0 aliphatic heterocycles. The highest BCUT2D eigenvalue weighted by atomic mass is 16.4. The molecule has 1 aromatic heterocycles. The van der Waals surface area contributed by atoms with Crippen LogP contribution in [0.1, 0.15) is 25.7 Å². The predicted octanol–water partition coefficient (Wildman–Crippen LogP) is 2.11. The van der Waals surface area contributed by atoms with E-state index in [1.54, 1.807) is 13.0 Å². The van der Waals surface area contributed by atoms with Gasteiger partial charge in [0.15, 0.2) is 0 Å². The number of aromatic nitrogens is 2. The molecule has 106 valence electrons. The number of amides is 1. The van der Waals surface area contributed by atoms with Gasteiger partial charge < -0.3 is 15.5 Å². The fraction of sp³-hybridized carbons (Fsp3) is 0.357. The summed E-state index contributed by atoms with van der Waals surface area (Å²) >= 11 is 0. The number of carbonyl (C=O) groups is 1. The minimum Gasteiger partial charge on any atom is -0.421 e. The highest BCUT2D eigenvalue weighted by Crippen LogP contribution is 2.26. The number of para-hydroxylation sites is 1. The highest BCUT2D eigenvalue weighted by Gasteiger charge is 2.16. The molecule has 3 N–H and O–H groups in total. The molecule has 20 heavy (non-hydrogen) atoms. The highest BCUT2D eigenvalue weighted by molar-refractivity contribution is 5.97. The maximum Gasteiger partial charge on any atom is 0.249 e. The molecular weight excluding hydrogens is 256 g/mol. The minimum absolute atomic E-state index is 0.212. The van der Waals surface area contributed by atoms with Gasteiger partial charge in [0, 0.05) is 6.92 Å². The Morgan fingerprint density at radius 3 is 2.80 bits per heavy atom. The predicted molar refractivity (Wildman–Crippen MR) is 76.0 cm³/mol. The van der Waals surface area contributed by atoms with Crippen molar-refractivity contribution in [2.45, 2.75) is 32.7 Å². The van der Waals surface area contributed by atoms with E-state index in [4.69, 9.17) is 10.2 Å². The van der Waals surface area contributed by atoms with E-state index in [2.05, 4.69) is 15.5 Å². The van der Waals surface area contributed by atoms with Crippen molar-refractivity contribution >= 4 is 11.6 Å². The van der Waals surface area contributed by atoms with Crippen LogP contribution >= 0.6 is 0 Å². The first-order chi connectivity index (χ1) is 9.61. The molecule has 0 spiro atoms. The molecule has 0 saturated heterocycles. The summed E-state index contributed by atoms with van der Waals surface area (Å²) in [6.07, 6.45) is 1.51. The average Bonchev–Trinajstić information content (AvgIpc) is 2.86. The quantitative estimate of drug-likeness (QED) is 0.870. The van der Waals surface area contributed by atoms with Crippen LogP contribution in [0.15, 0.2) is 28.7 Å². The molecule has 0 saturated carbocycles. The largest absolute Gasteiger partial charge is 0.421 e. The number of aryl methyl sites for hydroxylation is 1. The third-order valence-corrected chi connectivity index (χ3v) is 2.88. The summed E-state index contributed by atoms with van der Waals surface area (Å²) in [6.45, 7) is 3.71. The third-order valence-electron chi connectivity index (χ3n) is 2.88. The zero-order valence-corrected chi connectivity index (χ0v) is 11.6. The van der Waals surface area contributed by atoms with Crippen molar-refractivity contribution in [1.82, 2.24) is 10.2 Å². The second kappa shape index (κ2) is 6.29. The lowest BCUT2D eigenvalue weighted by atomic mass is 10.1. The number of rotatable bonds is 5. The number of hydrogen-bond donors (Lipinski definition) is 2. The van der Waals surface area contributed by atoms with Crippen LogP contribution < -0.4 is 11.1 Å². The fourth-order valence-electron chi connectivity index (χ4n) is 1.85. The molecule has 1 unspecified atom stereocenters. The monoisotopic (exact) mass is 274 g/mol. The zero-order valence-electron chi connectivity index (χ0n) is 11.6. The molecule has 6 heteroatoms. The van der Waals surface area contributed by atoms with Crippen molar-refractivity contribution in [1.29, 1.82) is 0 Å². The lowest BCUT2D eigenvalue weighted by Crippen LogP contribution is -2.35. The Morgan fingerprint density at radius 2 is 2.15 bits per heavy atom. The molecule has 0 bridgehead atoms. The fourth-order valence-corrected chi connectivity index (χ4v) is 1.85. The summed E-state index contributed by atoms with van der Waals surface area (Å²) in [4.78, 5) is 12.0. The lowest BCUT2D eigenvalue weighted by Gasteiger charge is -2.12. The summed E-state index contributed by atoms with van der Waals surface area (Å²) in [5.41, 5.74) is 7.11. The van der Waals surface area contributed by atoms with E-state index in [0.29, 0.717) is 29.5 Å². The van der Waals surface area contributed by atoms with Gasteiger partial charge in [-0.3, -0.25) is 4.79 Å². The van der Waals surface area contributed by atoms with Crippen LogP contribution in [0.5, 0.6) is 0 Å². The molecular formula is C14H18N4O2. The summed E-state index contributed by atoms with van der Waals surface area (Å²) in [5, 5.41) is 10.6. The van der Waals surface area contributed by atoms with Gasteiger partial charge in [-0.1, -0.05) is 25.5 Å². The number of hydrogen-bond acceptors (Lipinski definition) is 5. The Morgan fingerprint density at radius 1 is 1.40 bits per heavy atom. The van der Waals surface area contributed by atoms with Crippen molar-refractivity contribution in [3.8, 4) is 11.5 Å². The first kappa shape index (κ1) is 14.2. The maximum absolute atomic E-state index is 12.0. The number of carbonyl (C=O) groups excluding carboxylic acids is 1. The first-order valence-corrected chi connectivity index (χ1v) is 6.57.